The van der Waals surface area contributed by atoms with Gasteiger partial charge in [0, 0.05) is 0 Å². The molecule has 0 bridgehead atoms. The maximum atomic E-state index is 17.3. The molecule has 4 nitrogen and oxygen atoms in total. The zero-order valence-electron chi connectivity index (χ0n) is 28.9. The molecule has 0 spiro atoms. The number of nitroso groups, excluding NO2 is 2. The Labute approximate surface area is 307 Å². The Morgan fingerprint density at radius 1 is 0.547 bits per heavy atom. The van der Waals surface area contributed by atoms with Gasteiger partial charge < -0.3 is 0 Å². The molecule has 0 radical (unpaired) electrons. The van der Waals surface area contributed by atoms with Crippen molar-refractivity contribution < 1.29 is 43.7 Å². The monoisotopic (exact) mass is 748 g/mol. The molecule has 4 aromatic rings. The van der Waals surface area contributed by atoms with Crippen molar-refractivity contribution in [1.29, 1.82) is 0 Å². The van der Waals surface area contributed by atoms with Crippen molar-refractivity contribution in [3.8, 4) is 0 Å². The molecule has 4 aromatic carbocycles. The van der Waals surface area contributed by atoms with Crippen LogP contribution in [0.15, 0.2) is 117 Å². The van der Waals surface area contributed by atoms with E-state index in [1.807, 2.05) is 60.7 Å². The van der Waals surface area contributed by atoms with Crippen LogP contribution in [0.3, 0.4) is 0 Å². The summed E-state index contributed by atoms with van der Waals surface area (Å²) in [5, 5.41) is 3.31. The summed E-state index contributed by atoms with van der Waals surface area (Å²) in [6.45, 7) is 0. The maximum absolute atomic E-state index is 17.3. The van der Waals surface area contributed by atoms with E-state index in [0.717, 1.165) is 30.4 Å². The molecule has 8 rings (SSSR count). The number of aryl methyl sites for hydroxylation is 2. The standard InChI is InChI=1S/2C17H13F2NO.2C5H5.Ti/c2*18-14-9-8-12(16(19)10-14)5-3-7-17-15-6-2-1-4-13(15)11-20(17)21;2*1-2-4-5-3-1;/h2*1-2,4,6,8-9,11H,3,5,7H2;2*1-3H,4H2;/q2*+1;;;. The third-order valence-electron chi connectivity index (χ3n) is 10.9. The molecule has 264 valence electrons. The van der Waals surface area contributed by atoms with Crippen LogP contribution in [0.4, 0.5) is 17.6 Å². The van der Waals surface area contributed by atoms with Crippen molar-refractivity contribution in [1.82, 2.24) is 0 Å². The minimum atomic E-state index is -5.01. The van der Waals surface area contributed by atoms with Crippen LogP contribution in [-0.2, 0) is 29.4 Å². The molecule has 4 aliphatic rings. The van der Waals surface area contributed by atoms with Crippen molar-refractivity contribution in [3.63, 3.8) is 0 Å². The predicted octanol–water partition coefficient (Wildman–Crippen LogP) is 6.36. The molecule has 9 heteroatoms. The molecule has 2 aliphatic heterocycles. The summed E-state index contributed by atoms with van der Waals surface area (Å²) in [5.41, 5.74) is 1.65. The van der Waals surface area contributed by atoms with Crippen molar-refractivity contribution in [2.75, 3.05) is 0 Å². The second kappa shape index (κ2) is 14.4. The van der Waals surface area contributed by atoms with E-state index >= 15 is 17.6 Å². The zero-order chi connectivity index (χ0) is 36.7. The van der Waals surface area contributed by atoms with Gasteiger partial charge in [-0.05, 0) is 0 Å². The van der Waals surface area contributed by atoms with Crippen LogP contribution < -0.4 is 28.6 Å². The summed E-state index contributed by atoms with van der Waals surface area (Å²) in [6, 6.07) is 20.2. The number of hydrogen-bond donors (Lipinski definition) is 0. The molecule has 0 saturated carbocycles. The molecular weight excluding hydrogens is 712 g/mol. The molecule has 0 N–H and O–H groups in total. The van der Waals surface area contributed by atoms with Crippen LogP contribution in [0, 0.1) is 33.1 Å². The van der Waals surface area contributed by atoms with Crippen LogP contribution >= 0.6 is 0 Å². The number of fused-ring (bicyclic) bond motifs is 2. The molecule has 53 heavy (non-hydrogen) atoms. The topological polar surface area (TPSA) is 40.2 Å². The van der Waals surface area contributed by atoms with Gasteiger partial charge in [-0.2, -0.15) is 0 Å². The molecule has 2 heterocycles. The Balaban J connectivity index is 1.20. The van der Waals surface area contributed by atoms with Crippen LogP contribution in [0.1, 0.15) is 49.7 Å². The molecule has 0 fully saturated rings. The van der Waals surface area contributed by atoms with Gasteiger partial charge in [-0.15, -0.1) is 0 Å². The van der Waals surface area contributed by atoms with E-state index in [1.165, 1.54) is 36.7 Å². The van der Waals surface area contributed by atoms with Crippen molar-refractivity contribution in [2.45, 2.75) is 51.4 Å². The van der Waals surface area contributed by atoms with Crippen molar-refractivity contribution in [3.05, 3.63) is 182 Å². The van der Waals surface area contributed by atoms with E-state index in [0.29, 0.717) is 57.7 Å². The van der Waals surface area contributed by atoms with Crippen LogP contribution in [-0.4, -0.2) is 9.52 Å². The molecule has 2 aliphatic carbocycles. The van der Waals surface area contributed by atoms with Crippen LogP contribution in [0.5, 0.6) is 0 Å². The van der Waals surface area contributed by atoms with E-state index < -0.39 is 39.9 Å². The van der Waals surface area contributed by atoms with Crippen LogP contribution in [0.2, 0.25) is 0 Å². The predicted molar refractivity (Wildman–Crippen MR) is 196 cm³/mol. The first-order valence-electron chi connectivity index (χ1n) is 18.0. The van der Waals surface area contributed by atoms with Gasteiger partial charge in [0.25, 0.3) is 0 Å². The SMILES string of the molecule is O=[N+]1C=c2ccccc2=C1CCCc1ccc(F)[c]([Ti]([C]2=CC=CC2)([C]2=CC=CC2)[c]2c(F)ccc(CCCC3=c4ccccc4=C[N+]3=O)c2F)c1F. The normalized spacial score (nSPS) is 15.8. The zero-order valence-corrected chi connectivity index (χ0v) is 30.5. The average molecular weight is 749 g/mol. The molecular formula is C44H36F4N2O2Ti+2. The number of nitrogens with zero attached hydrogens (tertiary/aromatic N) is 2. The third kappa shape index (κ3) is 6.08. The van der Waals surface area contributed by atoms with Gasteiger partial charge in [0.15, 0.2) is 0 Å². The number of halogens is 4. The Morgan fingerprint density at radius 2 is 0.981 bits per heavy atom. The van der Waals surface area contributed by atoms with Gasteiger partial charge >= 0.3 is 309 Å². The Morgan fingerprint density at radius 3 is 1.40 bits per heavy atom. The van der Waals surface area contributed by atoms with Gasteiger partial charge in [0.05, 0.1) is 0 Å². The molecule has 0 atom stereocenters. The summed E-state index contributed by atoms with van der Waals surface area (Å²) in [4.78, 5) is 25.4. The van der Waals surface area contributed by atoms with Gasteiger partial charge in [-0.1, -0.05) is 0 Å². The Bertz CT molecular complexity index is 2440. The first kappa shape index (κ1) is 35.0. The van der Waals surface area contributed by atoms with Crippen LogP contribution in [0.25, 0.3) is 23.8 Å². The van der Waals surface area contributed by atoms with E-state index in [2.05, 4.69) is 0 Å². The molecule has 0 amide bonds. The van der Waals surface area contributed by atoms with E-state index in [-0.39, 0.29) is 31.7 Å². The second-order valence-corrected chi connectivity index (χ2v) is 19.8. The Hall–Kier alpha value is -5.05. The fourth-order valence-corrected chi connectivity index (χ4v) is 16.8. The average Bonchev–Trinajstić information content (AvgIpc) is 3.98. The number of rotatable bonds is 12. The summed E-state index contributed by atoms with van der Waals surface area (Å²) < 4.78 is 70.2. The third-order valence-corrected chi connectivity index (χ3v) is 18.8. The summed E-state index contributed by atoms with van der Waals surface area (Å²) in [5.74, 6) is -3.20. The molecule has 0 saturated heterocycles. The number of allylic oxidation sites excluding steroid dienone is 8. The van der Waals surface area contributed by atoms with Gasteiger partial charge in [-0.3, -0.25) is 0 Å². The first-order chi connectivity index (χ1) is 25.8. The van der Waals surface area contributed by atoms with Crippen molar-refractivity contribution >= 4 is 31.5 Å². The van der Waals surface area contributed by atoms with Crippen molar-refractivity contribution in [2.24, 2.45) is 0 Å². The second-order valence-electron chi connectivity index (χ2n) is 13.9. The summed E-state index contributed by atoms with van der Waals surface area (Å²) >= 11 is -5.01. The van der Waals surface area contributed by atoms with E-state index in [1.54, 1.807) is 24.3 Å². The van der Waals surface area contributed by atoms with E-state index in [9.17, 15) is 9.81 Å². The minimum absolute atomic E-state index is 0.201. The summed E-state index contributed by atoms with van der Waals surface area (Å²) in [7, 11) is 0. The molecule has 0 aromatic heterocycles. The fraction of sp³-hybridized carbons (Fsp3) is 0.182. The Kier molecular flexibility index (Phi) is 9.52. The number of hydrogen-bond acceptors (Lipinski definition) is 2. The van der Waals surface area contributed by atoms with Gasteiger partial charge in [0.1, 0.15) is 0 Å². The first-order valence-corrected chi connectivity index (χ1v) is 21.1. The van der Waals surface area contributed by atoms with Gasteiger partial charge in [0.2, 0.25) is 0 Å². The quantitative estimate of drug-likeness (QED) is 0.0963. The number of benzene rings is 4. The van der Waals surface area contributed by atoms with Gasteiger partial charge in [-0.25, -0.2) is 0 Å². The fourth-order valence-electron chi connectivity index (χ4n) is 8.46. The van der Waals surface area contributed by atoms with E-state index in [4.69, 9.17) is 0 Å². The summed E-state index contributed by atoms with van der Waals surface area (Å²) in [6.07, 6.45) is 16.6. The molecule has 0 unspecified atom stereocenters.